The highest BCUT2D eigenvalue weighted by Gasteiger charge is 2.18. The van der Waals surface area contributed by atoms with Gasteiger partial charge in [0.25, 0.3) is 0 Å². The Morgan fingerprint density at radius 3 is 2.93 bits per heavy atom. The minimum atomic E-state index is -0.0672. The molecule has 15 heavy (non-hydrogen) atoms. The Hall–Kier alpha value is -0.420. The van der Waals surface area contributed by atoms with E-state index in [1.165, 1.54) is 5.56 Å². The van der Waals surface area contributed by atoms with Crippen molar-refractivity contribution in [1.82, 2.24) is 0 Å². The molecule has 1 atom stereocenters. The normalized spacial score (nSPS) is 19.5. The van der Waals surface area contributed by atoms with Crippen molar-refractivity contribution in [2.45, 2.75) is 31.6 Å². The zero-order valence-corrected chi connectivity index (χ0v) is 9.54. The third kappa shape index (κ3) is 3.57. The van der Waals surface area contributed by atoms with Gasteiger partial charge >= 0.3 is 0 Å². The maximum absolute atomic E-state index is 6.01. The zero-order chi connectivity index (χ0) is 10.5. The molecule has 1 unspecified atom stereocenters. The largest absolute Gasteiger partial charge is 0.350 e. The van der Waals surface area contributed by atoms with E-state index in [2.05, 4.69) is 16.8 Å². The third-order valence-corrected chi connectivity index (χ3v) is 3.30. The van der Waals surface area contributed by atoms with E-state index < -0.39 is 0 Å². The van der Waals surface area contributed by atoms with Gasteiger partial charge in [0.1, 0.15) is 0 Å². The first kappa shape index (κ1) is 11.1. The second-order valence-electron chi connectivity index (χ2n) is 3.84. The molecule has 2 rings (SSSR count). The van der Waals surface area contributed by atoms with Crippen LogP contribution in [0.1, 0.15) is 18.4 Å². The van der Waals surface area contributed by atoms with Crippen LogP contribution in [0.15, 0.2) is 16.8 Å². The molecule has 0 radical (unpaired) electrons. The Bertz CT molecular complexity index is 270. The van der Waals surface area contributed by atoms with Crippen molar-refractivity contribution < 1.29 is 9.47 Å². The molecule has 0 spiro atoms. The van der Waals surface area contributed by atoms with Gasteiger partial charge in [-0.25, -0.2) is 0 Å². The number of aryl methyl sites for hydroxylation is 1. The molecule has 4 heteroatoms. The van der Waals surface area contributed by atoms with Gasteiger partial charge in [-0.3, -0.25) is 0 Å². The summed E-state index contributed by atoms with van der Waals surface area (Å²) in [4.78, 5) is 0. The van der Waals surface area contributed by atoms with Gasteiger partial charge in [-0.05, 0) is 35.2 Å². The van der Waals surface area contributed by atoms with Crippen LogP contribution < -0.4 is 5.73 Å². The SMILES string of the molecule is NC(CCc1ccsc1)CC1OCCO1. The summed E-state index contributed by atoms with van der Waals surface area (Å²) in [5, 5.41) is 4.28. The van der Waals surface area contributed by atoms with Crippen LogP contribution in [0, 0.1) is 0 Å². The molecule has 1 aliphatic heterocycles. The maximum Gasteiger partial charge on any atom is 0.159 e. The quantitative estimate of drug-likeness (QED) is 0.833. The highest BCUT2D eigenvalue weighted by molar-refractivity contribution is 7.07. The second-order valence-corrected chi connectivity index (χ2v) is 4.62. The lowest BCUT2D eigenvalue weighted by Gasteiger charge is -2.15. The van der Waals surface area contributed by atoms with Crippen LogP contribution in [0.25, 0.3) is 0 Å². The Morgan fingerprint density at radius 2 is 2.27 bits per heavy atom. The van der Waals surface area contributed by atoms with Gasteiger partial charge in [0.15, 0.2) is 6.29 Å². The number of hydrogen-bond donors (Lipinski definition) is 1. The fraction of sp³-hybridized carbons (Fsp3) is 0.636. The van der Waals surface area contributed by atoms with Crippen LogP contribution in [-0.4, -0.2) is 25.5 Å². The average Bonchev–Trinajstić information content (AvgIpc) is 2.86. The van der Waals surface area contributed by atoms with Gasteiger partial charge in [-0.1, -0.05) is 0 Å². The minimum absolute atomic E-state index is 0.0672. The summed E-state index contributed by atoms with van der Waals surface area (Å²) < 4.78 is 10.7. The summed E-state index contributed by atoms with van der Waals surface area (Å²) >= 11 is 1.73. The van der Waals surface area contributed by atoms with Crippen molar-refractivity contribution in [2.75, 3.05) is 13.2 Å². The van der Waals surface area contributed by atoms with E-state index in [0.29, 0.717) is 13.2 Å². The summed E-state index contributed by atoms with van der Waals surface area (Å²) in [6.45, 7) is 1.42. The fourth-order valence-corrected chi connectivity index (χ4v) is 2.40. The van der Waals surface area contributed by atoms with Crippen molar-refractivity contribution in [2.24, 2.45) is 5.73 Å². The molecule has 3 nitrogen and oxygen atoms in total. The molecule has 1 aliphatic rings. The van der Waals surface area contributed by atoms with Gasteiger partial charge in [0, 0.05) is 12.5 Å². The van der Waals surface area contributed by atoms with Gasteiger partial charge < -0.3 is 15.2 Å². The summed E-state index contributed by atoms with van der Waals surface area (Å²) in [6, 6.07) is 2.33. The molecule has 84 valence electrons. The lowest BCUT2D eigenvalue weighted by Crippen LogP contribution is -2.27. The van der Waals surface area contributed by atoms with E-state index in [0.717, 1.165) is 19.3 Å². The Balaban J connectivity index is 1.66. The van der Waals surface area contributed by atoms with Crippen molar-refractivity contribution >= 4 is 11.3 Å². The predicted octanol–water partition coefficient (Wildman–Crippen LogP) is 1.77. The summed E-state index contributed by atoms with van der Waals surface area (Å²) in [5.74, 6) is 0. The molecule has 0 aromatic carbocycles. The van der Waals surface area contributed by atoms with Crippen LogP contribution in [0.4, 0.5) is 0 Å². The Labute approximate surface area is 94.2 Å². The summed E-state index contributed by atoms with van der Waals surface area (Å²) in [5.41, 5.74) is 7.39. The monoisotopic (exact) mass is 227 g/mol. The molecular formula is C11H17NO2S. The third-order valence-electron chi connectivity index (χ3n) is 2.57. The molecule has 2 N–H and O–H groups in total. The zero-order valence-electron chi connectivity index (χ0n) is 8.72. The molecule has 1 aromatic heterocycles. The van der Waals surface area contributed by atoms with E-state index in [-0.39, 0.29) is 12.3 Å². The topological polar surface area (TPSA) is 44.5 Å². The molecule has 1 fully saturated rings. The van der Waals surface area contributed by atoms with Crippen molar-refractivity contribution in [3.63, 3.8) is 0 Å². The van der Waals surface area contributed by atoms with Gasteiger partial charge in [-0.15, -0.1) is 0 Å². The molecular weight excluding hydrogens is 210 g/mol. The first-order valence-corrected chi connectivity index (χ1v) is 6.29. The maximum atomic E-state index is 6.01. The number of ether oxygens (including phenoxy) is 2. The molecule has 1 saturated heterocycles. The smallest absolute Gasteiger partial charge is 0.159 e. The number of hydrogen-bond acceptors (Lipinski definition) is 4. The van der Waals surface area contributed by atoms with Crippen LogP contribution in [0.3, 0.4) is 0 Å². The van der Waals surface area contributed by atoms with Crippen LogP contribution in [0.2, 0.25) is 0 Å². The summed E-state index contributed by atoms with van der Waals surface area (Å²) in [6.07, 6.45) is 2.80. The van der Waals surface area contributed by atoms with Gasteiger partial charge in [-0.2, -0.15) is 11.3 Å². The number of rotatable bonds is 5. The van der Waals surface area contributed by atoms with E-state index in [1.807, 2.05) is 0 Å². The minimum Gasteiger partial charge on any atom is -0.350 e. The van der Waals surface area contributed by atoms with E-state index >= 15 is 0 Å². The first-order chi connectivity index (χ1) is 7.34. The van der Waals surface area contributed by atoms with Crippen LogP contribution in [-0.2, 0) is 15.9 Å². The number of nitrogens with two attached hydrogens (primary N) is 1. The highest BCUT2D eigenvalue weighted by Crippen LogP contribution is 2.14. The molecule has 2 heterocycles. The Kier molecular flexibility index (Phi) is 4.14. The van der Waals surface area contributed by atoms with Crippen molar-refractivity contribution in [1.29, 1.82) is 0 Å². The fourth-order valence-electron chi connectivity index (χ4n) is 1.70. The Morgan fingerprint density at radius 1 is 1.47 bits per heavy atom. The van der Waals surface area contributed by atoms with Crippen LogP contribution in [0.5, 0.6) is 0 Å². The molecule has 0 amide bonds. The summed E-state index contributed by atoms with van der Waals surface area (Å²) in [7, 11) is 0. The van der Waals surface area contributed by atoms with Gasteiger partial charge in [0.05, 0.1) is 13.2 Å². The second kappa shape index (κ2) is 5.61. The predicted molar refractivity (Wildman–Crippen MR) is 60.9 cm³/mol. The van der Waals surface area contributed by atoms with E-state index in [9.17, 15) is 0 Å². The standard InChI is InChI=1S/C11H17NO2S/c12-10(7-11-13-4-5-14-11)2-1-9-3-6-15-8-9/h3,6,8,10-11H,1-2,4-5,7,12H2. The number of thiophene rings is 1. The van der Waals surface area contributed by atoms with Gasteiger partial charge in [0.2, 0.25) is 0 Å². The first-order valence-electron chi connectivity index (χ1n) is 5.34. The van der Waals surface area contributed by atoms with E-state index in [4.69, 9.17) is 15.2 Å². The van der Waals surface area contributed by atoms with Crippen molar-refractivity contribution in [3.05, 3.63) is 22.4 Å². The molecule has 1 aromatic rings. The molecule has 0 aliphatic carbocycles. The lowest BCUT2D eigenvalue weighted by atomic mass is 10.1. The molecule has 0 saturated carbocycles. The highest BCUT2D eigenvalue weighted by atomic mass is 32.1. The van der Waals surface area contributed by atoms with Crippen molar-refractivity contribution in [3.8, 4) is 0 Å². The van der Waals surface area contributed by atoms with Crippen LogP contribution >= 0.6 is 11.3 Å². The average molecular weight is 227 g/mol. The molecule has 0 bridgehead atoms. The van der Waals surface area contributed by atoms with E-state index in [1.54, 1.807) is 11.3 Å². The lowest BCUT2D eigenvalue weighted by molar-refractivity contribution is -0.0508.